The normalized spacial score (nSPS) is 6.92. The van der Waals surface area contributed by atoms with E-state index in [0.29, 0.717) is 0 Å². The fourth-order valence-corrected chi connectivity index (χ4v) is 0.0732. The quantitative estimate of drug-likeness (QED) is 0.438. The Morgan fingerprint density at radius 3 is 1.67 bits per heavy atom. The zero-order valence-corrected chi connectivity index (χ0v) is 9.08. The number of carboxylic acids is 1. The molecule has 6 nitrogen and oxygen atoms in total. The summed E-state index contributed by atoms with van der Waals surface area (Å²) in [6.45, 7) is -1.55. The minimum absolute atomic E-state index is 0. The summed E-state index contributed by atoms with van der Waals surface area (Å²) >= 11 is 4.44. The summed E-state index contributed by atoms with van der Waals surface area (Å²) in [5.74, 6) is -2.28. The average molecular weight is 209 g/mol. The molecule has 0 bridgehead atoms. The molecule has 0 amide bonds. The summed E-state index contributed by atoms with van der Waals surface area (Å²) in [5.41, 5.74) is 0. The van der Waals surface area contributed by atoms with E-state index in [1.54, 1.807) is 0 Å². The van der Waals surface area contributed by atoms with Crippen LogP contribution < -0.4 is 34.7 Å². The largest absolute Gasteiger partial charge is 1.00 e. The van der Waals surface area contributed by atoms with Gasteiger partial charge in [0.2, 0.25) is 0 Å². The van der Waals surface area contributed by atoms with Gasteiger partial charge in [0.05, 0.1) is 12.6 Å². The maximum absolute atomic E-state index is 9.58. The molecule has 0 atom stereocenters. The number of aliphatic hydroxyl groups excluding tert-OH is 2. The fourth-order valence-electron chi connectivity index (χ4n) is 0.0244. The van der Waals surface area contributed by atoms with Crippen LogP contribution in [0.3, 0.4) is 0 Å². The maximum atomic E-state index is 9.58. The van der Waals surface area contributed by atoms with Crippen molar-refractivity contribution >= 4 is 23.8 Å². The Labute approximate surface area is 95.5 Å². The van der Waals surface area contributed by atoms with Crippen LogP contribution >= 0.6 is 11.9 Å². The van der Waals surface area contributed by atoms with Crippen LogP contribution in [0.5, 0.6) is 0 Å². The summed E-state index contributed by atoms with van der Waals surface area (Å²) in [5, 5.41) is 24.3. The molecule has 0 unspecified atom stereocenters. The molecule has 66 valence electrons. The third kappa shape index (κ3) is 22.5. The zero-order valence-electron chi connectivity index (χ0n) is 6.32. The van der Waals surface area contributed by atoms with E-state index < -0.39 is 25.2 Å². The first-order chi connectivity index (χ1) is 5.08. The minimum Gasteiger partial charge on any atom is -0.548 e. The first-order valence-electron chi connectivity index (χ1n) is 2.31. The molecule has 0 aliphatic rings. The molecule has 12 heavy (non-hydrogen) atoms. The van der Waals surface area contributed by atoms with Gasteiger partial charge in [0, 0.05) is 0 Å². The van der Waals surface area contributed by atoms with Crippen molar-refractivity contribution in [1.82, 2.24) is 0 Å². The van der Waals surface area contributed by atoms with E-state index in [1.165, 1.54) is 0 Å². The van der Waals surface area contributed by atoms with Crippen LogP contribution in [0.25, 0.3) is 0 Å². The summed E-state index contributed by atoms with van der Waals surface area (Å²) in [7, 11) is 0. The van der Waals surface area contributed by atoms with Crippen LogP contribution in [0.15, 0.2) is 0 Å². The van der Waals surface area contributed by atoms with Gasteiger partial charge < -0.3 is 24.4 Å². The van der Waals surface area contributed by atoms with Crippen molar-refractivity contribution in [3.8, 4) is 0 Å². The minimum atomic E-state index is -1.44. The molecular weight excluding hydrogens is 202 g/mol. The molecule has 0 rings (SSSR count). The van der Waals surface area contributed by atoms with Crippen molar-refractivity contribution in [2.45, 2.75) is 0 Å². The van der Waals surface area contributed by atoms with E-state index in [0.717, 1.165) is 0 Å². The number of aliphatic hydroxyl groups is 2. The molecule has 0 fully saturated rings. The van der Waals surface area contributed by atoms with Gasteiger partial charge in [-0.25, -0.2) is 4.79 Å². The summed E-state index contributed by atoms with van der Waals surface area (Å²) in [6, 6.07) is 0. The predicted molar refractivity (Wildman–Crippen MR) is 31.1 cm³/mol. The Bertz CT molecular complexity index is 123. The number of carbonyl (C=O) groups is 2. The Balaban J connectivity index is -0.000000126. The van der Waals surface area contributed by atoms with Gasteiger partial charge in [-0.1, -0.05) is 0 Å². The van der Waals surface area contributed by atoms with E-state index in [4.69, 9.17) is 20.1 Å². The van der Waals surface area contributed by atoms with Gasteiger partial charge in [0.25, 0.3) is 0 Å². The Kier molecular flexibility index (Phi) is 20.6. The number of aliphatic carboxylic acids is 1. The van der Waals surface area contributed by atoms with Crippen LogP contribution in [-0.4, -0.2) is 35.4 Å². The number of hydrogen-bond donors (Lipinski definition) is 2. The topological polar surface area (TPSA) is 107 Å². The molecule has 0 aliphatic heterocycles. The van der Waals surface area contributed by atoms with Crippen molar-refractivity contribution in [2.75, 3.05) is 13.2 Å². The molecule has 0 aromatic rings. The first kappa shape index (κ1) is 18.0. The number of rotatable bonds is 2. The molecule has 0 saturated heterocycles. The molecule has 0 aromatic heterocycles. The number of halogens is 1. The smallest absolute Gasteiger partial charge is 0.548 e. The molecule has 2 N–H and O–H groups in total. The van der Waals surface area contributed by atoms with Crippen LogP contribution in [0.4, 0.5) is 0 Å². The summed E-state index contributed by atoms with van der Waals surface area (Å²) < 4.78 is 3.48. The van der Waals surface area contributed by atoms with E-state index in [2.05, 4.69) is 16.2 Å². The Morgan fingerprint density at radius 2 is 1.67 bits per heavy atom. The van der Waals surface area contributed by atoms with Crippen molar-refractivity contribution in [3.05, 3.63) is 0 Å². The maximum Gasteiger partial charge on any atom is 1.00 e. The number of carboxylic acid groups (broad SMARTS) is 1. The second-order valence-corrected chi connectivity index (χ2v) is 1.29. The van der Waals surface area contributed by atoms with E-state index in [-0.39, 0.29) is 29.6 Å². The molecule has 0 saturated carbocycles. The van der Waals surface area contributed by atoms with Crippen molar-refractivity contribution in [3.63, 3.8) is 0 Å². The van der Waals surface area contributed by atoms with Gasteiger partial charge >= 0.3 is 35.5 Å². The van der Waals surface area contributed by atoms with Gasteiger partial charge in [-0.15, -0.1) is 0 Å². The van der Waals surface area contributed by atoms with Crippen LogP contribution in [0, 0.1) is 0 Å². The van der Waals surface area contributed by atoms with Gasteiger partial charge in [-0.3, -0.25) is 0 Å². The second-order valence-electron chi connectivity index (χ2n) is 1.14. The Hall–Kier alpha value is 0.150. The SMILES string of the molecule is O=C(CO)OCl.O=C([O-])CO.[Na+]. The molecule has 0 spiro atoms. The van der Waals surface area contributed by atoms with Crippen molar-refractivity contribution < 1.29 is 58.8 Å². The second kappa shape index (κ2) is 13.7. The van der Waals surface area contributed by atoms with Gasteiger partial charge in [0.15, 0.2) is 0 Å². The van der Waals surface area contributed by atoms with Crippen LogP contribution in [0.1, 0.15) is 0 Å². The van der Waals surface area contributed by atoms with Gasteiger partial charge in [-0.2, -0.15) is 0 Å². The third-order valence-electron chi connectivity index (χ3n) is 0.344. The molecule has 0 aromatic carbocycles. The molecule has 0 heterocycles. The van der Waals surface area contributed by atoms with Gasteiger partial charge in [0.1, 0.15) is 18.5 Å². The van der Waals surface area contributed by atoms with Crippen molar-refractivity contribution in [1.29, 1.82) is 0 Å². The van der Waals surface area contributed by atoms with Crippen molar-refractivity contribution in [2.24, 2.45) is 0 Å². The molecule has 0 aliphatic carbocycles. The first-order valence-corrected chi connectivity index (χ1v) is 2.62. The Morgan fingerprint density at radius 1 is 1.33 bits per heavy atom. The predicted octanol–water partition coefficient (Wildman–Crippen LogP) is -5.59. The van der Waals surface area contributed by atoms with E-state index in [9.17, 15) is 4.79 Å². The number of hydrogen-bond acceptors (Lipinski definition) is 6. The zero-order chi connectivity index (χ0) is 9.28. The monoisotopic (exact) mass is 208 g/mol. The average Bonchev–Trinajstić information content (AvgIpc) is 2.04. The van der Waals surface area contributed by atoms with Crippen LogP contribution in [-0.2, 0) is 13.9 Å². The molecular formula is C4H6ClNaO6. The number of carbonyl (C=O) groups excluding carboxylic acids is 2. The molecule has 0 radical (unpaired) electrons. The molecule has 8 heteroatoms. The van der Waals surface area contributed by atoms with Crippen LogP contribution in [0.2, 0.25) is 0 Å². The van der Waals surface area contributed by atoms with E-state index >= 15 is 0 Å². The standard InChI is InChI=1S/C2H3ClO3.C2H4O3.Na/c3-6-2(5)1-4;3-1-2(4)5;/h4H,1H2;3H,1H2,(H,4,5);/q;;+1/p-1. The summed E-state index contributed by atoms with van der Waals surface area (Å²) in [4.78, 5) is 18.6. The fraction of sp³-hybridized carbons (Fsp3) is 0.500. The third-order valence-corrected chi connectivity index (χ3v) is 0.516. The van der Waals surface area contributed by atoms with E-state index in [1.807, 2.05) is 0 Å². The summed E-state index contributed by atoms with van der Waals surface area (Å²) in [6.07, 6.45) is 0. The van der Waals surface area contributed by atoms with Gasteiger partial charge in [-0.05, 0) is 0 Å².